The van der Waals surface area contributed by atoms with Gasteiger partial charge in [-0.05, 0) is 36.4 Å². The number of ether oxygens (including phenoxy) is 2. The number of carbonyl (C=O) groups excluding carboxylic acids is 2. The Morgan fingerprint density at radius 2 is 1.71 bits per heavy atom. The van der Waals surface area contributed by atoms with E-state index in [9.17, 15) is 18.0 Å². The van der Waals surface area contributed by atoms with Crippen molar-refractivity contribution < 1.29 is 27.5 Å². The maximum absolute atomic E-state index is 12.5. The zero-order chi connectivity index (χ0) is 20.5. The van der Waals surface area contributed by atoms with Crippen molar-refractivity contribution in [1.29, 1.82) is 0 Å². The topological polar surface area (TPSA) is 102 Å². The normalized spacial score (nSPS) is 18.0. The molecule has 9 heteroatoms. The number of rotatable bonds is 5. The minimum absolute atomic E-state index is 0.215. The quantitative estimate of drug-likeness (QED) is 0.820. The molecule has 0 radical (unpaired) electrons. The second-order valence-corrected chi connectivity index (χ2v) is 8.22. The van der Waals surface area contributed by atoms with Crippen LogP contribution in [0.4, 0.5) is 11.4 Å². The van der Waals surface area contributed by atoms with Crippen LogP contribution in [0.15, 0.2) is 42.5 Å². The first-order chi connectivity index (χ1) is 13.3. The van der Waals surface area contributed by atoms with Gasteiger partial charge in [-0.2, -0.15) is 0 Å². The molecular weight excluding hydrogens is 384 g/mol. The fourth-order valence-electron chi connectivity index (χ4n) is 2.95. The maximum Gasteiger partial charge on any atom is 0.255 e. The summed E-state index contributed by atoms with van der Waals surface area (Å²) in [6.07, 6.45) is 0. The summed E-state index contributed by atoms with van der Waals surface area (Å²) in [5, 5.41) is 2.73. The van der Waals surface area contributed by atoms with E-state index in [1.54, 1.807) is 25.1 Å². The predicted octanol–water partition coefficient (Wildman–Crippen LogP) is 2.27. The SMILES string of the molecule is COc1ccc(NC(=O)c2ccc(N3C(=O)C(C)CS3(=O)=O)cc2)cc1OC. The van der Waals surface area contributed by atoms with Crippen molar-refractivity contribution in [2.45, 2.75) is 6.92 Å². The lowest BCUT2D eigenvalue weighted by molar-refractivity contribution is -0.119. The number of benzene rings is 2. The molecule has 1 unspecified atom stereocenters. The number of hydrogen-bond donors (Lipinski definition) is 1. The molecular formula is C19H20N2O6S. The van der Waals surface area contributed by atoms with Gasteiger partial charge in [0.1, 0.15) is 0 Å². The minimum atomic E-state index is -3.68. The molecule has 2 aromatic rings. The summed E-state index contributed by atoms with van der Waals surface area (Å²) in [7, 11) is -0.663. The zero-order valence-electron chi connectivity index (χ0n) is 15.6. The van der Waals surface area contributed by atoms with Crippen molar-refractivity contribution in [2.75, 3.05) is 29.6 Å². The molecule has 148 valence electrons. The number of hydrogen-bond acceptors (Lipinski definition) is 6. The Morgan fingerprint density at radius 1 is 1.07 bits per heavy atom. The fourth-order valence-corrected chi connectivity index (χ4v) is 4.77. The third-order valence-electron chi connectivity index (χ3n) is 4.37. The van der Waals surface area contributed by atoms with E-state index >= 15 is 0 Å². The molecule has 2 amide bonds. The van der Waals surface area contributed by atoms with Gasteiger partial charge in [-0.1, -0.05) is 6.92 Å². The van der Waals surface area contributed by atoms with Crippen molar-refractivity contribution in [3.63, 3.8) is 0 Å². The Hall–Kier alpha value is -3.07. The molecule has 0 spiro atoms. The van der Waals surface area contributed by atoms with Crippen molar-refractivity contribution in [3.8, 4) is 11.5 Å². The molecule has 0 bridgehead atoms. The van der Waals surface area contributed by atoms with Crippen molar-refractivity contribution in [3.05, 3.63) is 48.0 Å². The average molecular weight is 404 g/mol. The fraction of sp³-hybridized carbons (Fsp3) is 0.263. The number of nitrogens with one attached hydrogen (secondary N) is 1. The first-order valence-corrected chi connectivity index (χ1v) is 10.1. The van der Waals surface area contributed by atoms with E-state index in [2.05, 4.69) is 5.32 Å². The van der Waals surface area contributed by atoms with Gasteiger partial charge in [-0.25, -0.2) is 12.7 Å². The van der Waals surface area contributed by atoms with Gasteiger partial charge in [-0.15, -0.1) is 0 Å². The molecule has 1 atom stereocenters. The molecule has 28 heavy (non-hydrogen) atoms. The van der Waals surface area contributed by atoms with Crippen LogP contribution in [0.5, 0.6) is 11.5 Å². The molecule has 0 aliphatic carbocycles. The molecule has 1 aliphatic rings. The van der Waals surface area contributed by atoms with Crippen LogP contribution in [0.25, 0.3) is 0 Å². The molecule has 8 nitrogen and oxygen atoms in total. The summed E-state index contributed by atoms with van der Waals surface area (Å²) in [5.74, 6) is -0.644. The molecule has 1 fully saturated rings. The number of amides is 2. The second-order valence-electron chi connectivity index (χ2n) is 6.35. The minimum Gasteiger partial charge on any atom is -0.493 e. The maximum atomic E-state index is 12.5. The third-order valence-corrected chi connectivity index (χ3v) is 6.23. The first kappa shape index (κ1) is 19.7. The Morgan fingerprint density at radius 3 is 2.25 bits per heavy atom. The van der Waals surface area contributed by atoms with Crippen LogP contribution in [-0.2, 0) is 14.8 Å². The van der Waals surface area contributed by atoms with E-state index in [0.29, 0.717) is 22.7 Å². The van der Waals surface area contributed by atoms with E-state index in [0.717, 1.165) is 4.31 Å². The smallest absolute Gasteiger partial charge is 0.255 e. The highest BCUT2D eigenvalue weighted by Crippen LogP contribution is 2.31. The van der Waals surface area contributed by atoms with Gasteiger partial charge in [0.2, 0.25) is 15.9 Å². The second kappa shape index (κ2) is 7.51. The van der Waals surface area contributed by atoms with Crippen molar-refractivity contribution in [2.24, 2.45) is 5.92 Å². The van der Waals surface area contributed by atoms with Gasteiger partial charge in [0.25, 0.3) is 5.91 Å². The Labute approximate surface area is 163 Å². The van der Waals surface area contributed by atoms with Crippen LogP contribution in [0.2, 0.25) is 0 Å². The molecule has 2 aromatic carbocycles. The van der Waals surface area contributed by atoms with Gasteiger partial charge < -0.3 is 14.8 Å². The van der Waals surface area contributed by atoms with Gasteiger partial charge in [-0.3, -0.25) is 9.59 Å². The van der Waals surface area contributed by atoms with E-state index in [4.69, 9.17) is 9.47 Å². The highest BCUT2D eigenvalue weighted by atomic mass is 32.2. The third kappa shape index (κ3) is 3.65. The van der Waals surface area contributed by atoms with Crippen molar-refractivity contribution >= 4 is 33.2 Å². The molecule has 0 aromatic heterocycles. The van der Waals surface area contributed by atoms with E-state index in [-0.39, 0.29) is 17.3 Å². The van der Waals surface area contributed by atoms with Gasteiger partial charge in [0.05, 0.1) is 31.6 Å². The van der Waals surface area contributed by atoms with Crippen molar-refractivity contribution in [1.82, 2.24) is 0 Å². The largest absolute Gasteiger partial charge is 0.493 e. The summed E-state index contributed by atoms with van der Waals surface area (Å²) < 4.78 is 35.5. The Bertz CT molecular complexity index is 1020. The lowest BCUT2D eigenvalue weighted by Crippen LogP contribution is -2.30. The summed E-state index contributed by atoms with van der Waals surface area (Å²) >= 11 is 0. The van der Waals surface area contributed by atoms with Gasteiger partial charge in [0, 0.05) is 17.3 Å². The number of nitrogens with zero attached hydrogens (tertiary/aromatic N) is 1. The van der Waals surface area contributed by atoms with Crippen LogP contribution in [0.3, 0.4) is 0 Å². The molecule has 0 saturated carbocycles. The summed E-state index contributed by atoms with van der Waals surface area (Å²) in [4.78, 5) is 24.6. The number of carbonyl (C=O) groups is 2. The molecule has 3 rings (SSSR count). The highest BCUT2D eigenvalue weighted by Gasteiger charge is 2.41. The number of methoxy groups -OCH3 is 2. The average Bonchev–Trinajstić information content (AvgIpc) is 2.88. The molecule has 1 N–H and O–H groups in total. The van der Waals surface area contributed by atoms with Crippen LogP contribution in [0, 0.1) is 5.92 Å². The van der Waals surface area contributed by atoms with Gasteiger partial charge in [0.15, 0.2) is 11.5 Å². The van der Waals surface area contributed by atoms with E-state index in [1.807, 2.05) is 0 Å². The summed E-state index contributed by atoms with van der Waals surface area (Å²) in [6.45, 7) is 1.57. The van der Waals surface area contributed by atoms with Crippen LogP contribution >= 0.6 is 0 Å². The molecule has 1 heterocycles. The molecule has 1 aliphatic heterocycles. The Balaban J connectivity index is 1.79. The summed E-state index contributed by atoms with van der Waals surface area (Å²) in [5.41, 5.74) is 1.05. The number of anilines is 2. The van der Waals surface area contributed by atoms with Crippen LogP contribution < -0.4 is 19.1 Å². The first-order valence-electron chi connectivity index (χ1n) is 8.47. The standard InChI is InChI=1S/C19H20N2O6S/c1-12-11-28(24,25)21(19(12)23)15-7-4-13(5-8-15)18(22)20-14-6-9-16(26-2)17(10-14)27-3/h4-10,12H,11H2,1-3H3,(H,20,22). The predicted molar refractivity (Wildman–Crippen MR) is 104 cm³/mol. The van der Waals surface area contributed by atoms with Gasteiger partial charge >= 0.3 is 0 Å². The van der Waals surface area contributed by atoms with E-state index in [1.165, 1.54) is 38.5 Å². The van der Waals surface area contributed by atoms with Crippen LogP contribution in [-0.4, -0.2) is 40.2 Å². The zero-order valence-corrected chi connectivity index (χ0v) is 16.4. The lowest BCUT2D eigenvalue weighted by atomic mass is 10.1. The lowest BCUT2D eigenvalue weighted by Gasteiger charge is -2.15. The summed E-state index contributed by atoms with van der Waals surface area (Å²) in [6, 6.07) is 10.8. The molecule has 1 saturated heterocycles. The van der Waals surface area contributed by atoms with E-state index < -0.39 is 21.8 Å². The number of sulfonamides is 1. The van der Waals surface area contributed by atoms with Crippen LogP contribution in [0.1, 0.15) is 17.3 Å². The monoisotopic (exact) mass is 404 g/mol. The Kier molecular flexibility index (Phi) is 5.28. The highest BCUT2D eigenvalue weighted by molar-refractivity contribution is 7.94.